The number of rotatable bonds is 3. The maximum absolute atomic E-state index is 13.5. The first-order chi connectivity index (χ1) is 8.22. The summed E-state index contributed by atoms with van der Waals surface area (Å²) in [4.78, 5) is 8.25. The molecule has 88 valence electrons. The van der Waals surface area contributed by atoms with Crippen LogP contribution in [0.5, 0.6) is 0 Å². The Hall–Kier alpha value is -1.81. The number of nitrogens with one attached hydrogen (secondary N) is 1. The van der Waals surface area contributed by atoms with E-state index in [1.165, 1.54) is 6.07 Å². The molecule has 1 N–H and O–H groups in total. The number of benzene rings is 1. The van der Waals surface area contributed by atoms with Crippen molar-refractivity contribution >= 4 is 0 Å². The predicted molar refractivity (Wildman–Crippen MR) is 64.1 cm³/mol. The minimum Gasteiger partial charge on any atom is -0.308 e. The highest BCUT2D eigenvalue weighted by Gasteiger charge is 2.14. The average molecular weight is 231 g/mol. The van der Waals surface area contributed by atoms with Gasteiger partial charge in [0.2, 0.25) is 0 Å². The third kappa shape index (κ3) is 2.47. The summed E-state index contributed by atoms with van der Waals surface area (Å²) in [5.74, 6) is -0.202. The SMILES string of the molecule is CNC(c1ccc(C)c(F)c1)c1cnccn1. The molecule has 0 spiro atoms. The minimum atomic E-state index is -0.202. The lowest BCUT2D eigenvalue weighted by Gasteiger charge is -2.16. The van der Waals surface area contributed by atoms with E-state index in [1.54, 1.807) is 31.6 Å². The molecule has 0 saturated heterocycles. The van der Waals surface area contributed by atoms with E-state index in [0.29, 0.717) is 5.56 Å². The highest BCUT2D eigenvalue weighted by molar-refractivity contribution is 5.30. The molecule has 4 heteroatoms. The van der Waals surface area contributed by atoms with Gasteiger partial charge >= 0.3 is 0 Å². The molecule has 0 aliphatic heterocycles. The molecule has 0 aliphatic rings. The minimum absolute atomic E-state index is 0.140. The van der Waals surface area contributed by atoms with E-state index in [9.17, 15) is 4.39 Å². The molecule has 17 heavy (non-hydrogen) atoms. The third-order valence-electron chi connectivity index (χ3n) is 2.70. The molecule has 0 saturated carbocycles. The van der Waals surface area contributed by atoms with Gasteiger partial charge in [0.1, 0.15) is 5.82 Å². The van der Waals surface area contributed by atoms with Crippen LogP contribution in [-0.2, 0) is 0 Å². The van der Waals surface area contributed by atoms with Crippen LogP contribution in [0.25, 0.3) is 0 Å². The van der Waals surface area contributed by atoms with Crippen molar-refractivity contribution in [3.63, 3.8) is 0 Å². The van der Waals surface area contributed by atoms with Crippen LogP contribution in [0.3, 0.4) is 0 Å². The van der Waals surface area contributed by atoms with Crippen molar-refractivity contribution in [1.29, 1.82) is 0 Å². The molecule has 1 aromatic heterocycles. The van der Waals surface area contributed by atoms with E-state index in [2.05, 4.69) is 15.3 Å². The summed E-state index contributed by atoms with van der Waals surface area (Å²) in [6, 6.07) is 5.06. The molecule has 1 unspecified atom stereocenters. The van der Waals surface area contributed by atoms with E-state index < -0.39 is 0 Å². The van der Waals surface area contributed by atoms with Crippen LogP contribution in [0.4, 0.5) is 4.39 Å². The van der Waals surface area contributed by atoms with Gasteiger partial charge in [-0.15, -0.1) is 0 Å². The summed E-state index contributed by atoms with van der Waals surface area (Å²) in [5, 5.41) is 3.11. The lowest BCUT2D eigenvalue weighted by atomic mass is 10.0. The van der Waals surface area contributed by atoms with E-state index >= 15 is 0 Å². The number of aromatic nitrogens is 2. The molecule has 0 fully saturated rings. The van der Waals surface area contributed by atoms with Gasteiger partial charge in [-0.25, -0.2) is 4.39 Å². The summed E-state index contributed by atoms with van der Waals surface area (Å²) >= 11 is 0. The summed E-state index contributed by atoms with van der Waals surface area (Å²) in [6.45, 7) is 1.75. The molecule has 0 aliphatic carbocycles. The molecule has 2 aromatic rings. The average Bonchev–Trinajstić information content (AvgIpc) is 2.36. The second kappa shape index (κ2) is 5.01. The molecule has 1 heterocycles. The van der Waals surface area contributed by atoms with Gasteiger partial charge in [-0.1, -0.05) is 12.1 Å². The number of nitrogens with zero attached hydrogens (tertiary/aromatic N) is 2. The predicted octanol–water partition coefficient (Wildman–Crippen LogP) is 2.23. The van der Waals surface area contributed by atoms with Crippen molar-refractivity contribution in [1.82, 2.24) is 15.3 Å². The Kier molecular flexibility index (Phi) is 3.44. The lowest BCUT2D eigenvalue weighted by molar-refractivity contribution is 0.605. The van der Waals surface area contributed by atoms with Crippen LogP contribution < -0.4 is 5.32 Å². The smallest absolute Gasteiger partial charge is 0.126 e. The largest absolute Gasteiger partial charge is 0.308 e. The van der Waals surface area contributed by atoms with Gasteiger partial charge in [-0.3, -0.25) is 9.97 Å². The Morgan fingerprint density at radius 2 is 2.12 bits per heavy atom. The monoisotopic (exact) mass is 231 g/mol. The second-order valence-electron chi connectivity index (χ2n) is 3.86. The second-order valence-corrected chi connectivity index (χ2v) is 3.86. The Balaban J connectivity index is 2.39. The fraction of sp³-hybridized carbons (Fsp3) is 0.231. The van der Waals surface area contributed by atoms with E-state index in [0.717, 1.165) is 11.3 Å². The molecule has 1 atom stereocenters. The van der Waals surface area contributed by atoms with Gasteiger partial charge in [0.25, 0.3) is 0 Å². The van der Waals surface area contributed by atoms with Gasteiger partial charge in [-0.05, 0) is 31.2 Å². The summed E-state index contributed by atoms with van der Waals surface area (Å²) in [5.41, 5.74) is 2.26. The zero-order valence-electron chi connectivity index (χ0n) is 9.81. The zero-order chi connectivity index (χ0) is 12.3. The van der Waals surface area contributed by atoms with Gasteiger partial charge in [0.15, 0.2) is 0 Å². The number of hydrogen-bond acceptors (Lipinski definition) is 3. The quantitative estimate of drug-likeness (QED) is 0.880. The van der Waals surface area contributed by atoms with Gasteiger partial charge < -0.3 is 5.32 Å². The number of halogens is 1. The molecular formula is C13H14FN3. The number of hydrogen-bond donors (Lipinski definition) is 1. The Bertz CT molecular complexity index is 499. The standard InChI is InChI=1S/C13H14FN3/c1-9-3-4-10(7-11(9)14)13(15-2)12-8-16-5-6-17-12/h3-8,13,15H,1-2H3. The highest BCUT2D eigenvalue weighted by atomic mass is 19.1. The van der Waals surface area contributed by atoms with Gasteiger partial charge in [0, 0.05) is 12.4 Å². The Labute approximate surface area is 99.7 Å². The first kappa shape index (κ1) is 11.7. The van der Waals surface area contributed by atoms with Crippen molar-refractivity contribution in [2.24, 2.45) is 0 Å². The van der Waals surface area contributed by atoms with Crippen molar-refractivity contribution in [2.75, 3.05) is 7.05 Å². The summed E-state index contributed by atoms with van der Waals surface area (Å²) < 4.78 is 13.5. The molecule has 1 aromatic carbocycles. The summed E-state index contributed by atoms with van der Waals surface area (Å²) in [6.07, 6.45) is 4.93. The lowest BCUT2D eigenvalue weighted by Crippen LogP contribution is -2.19. The first-order valence-electron chi connectivity index (χ1n) is 5.41. The maximum atomic E-state index is 13.5. The molecular weight excluding hydrogens is 217 g/mol. The van der Waals surface area contributed by atoms with Crippen molar-refractivity contribution in [3.05, 3.63) is 59.4 Å². The maximum Gasteiger partial charge on any atom is 0.126 e. The Morgan fingerprint density at radius 3 is 2.71 bits per heavy atom. The molecule has 0 radical (unpaired) electrons. The Morgan fingerprint density at radius 1 is 1.29 bits per heavy atom. The van der Waals surface area contributed by atoms with Gasteiger partial charge in [-0.2, -0.15) is 0 Å². The fourth-order valence-electron chi connectivity index (χ4n) is 1.73. The van der Waals surface area contributed by atoms with Gasteiger partial charge in [0.05, 0.1) is 17.9 Å². The zero-order valence-corrected chi connectivity index (χ0v) is 9.81. The third-order valence-corrected chi connectivity index (χ3v) is 2.70. The van der Waals surface area contributed by atoms with Crippen molar-refractivity contribution in [2.45, 2.75) is 13.0 Å². The van der Waals surface area contributed by atoms with Crippen LogP contribution in [0, 0.1) is 12.7 Å². The van der Waals surface area contributed by atoms with Crippen molar-refractivity contribution < 1.29 is 4.39 Å². The van der Waals surface area contributed by atoms with Crippen LogP contribution in [0.15, 0.2) is 36.8 Å². The molecule has 0 bridgehead atoms. The molecule has 0 amide bonds. The van der Waals surface area contributed by atoms with Crippen molar-refractivity contribution in [3.8, 4) is 0 Å². The van der Waals surface area contributed by atoms with Crippen LogP contribution in [0.1, 0.15) is 22.9 Å². The van der Waals surface area contributed by atoms with Crippen LogP contribution in [0.2, 0.25) is 0 Å². The van der Waals surface area contributed by atoms with E-state index in [1.807, 2.05) is 13.1 Å². The number of aryl methyl sites for hydroxylation is 1. The summed E-state index contributed by atoms with van der Waals surface area (Å²) in [7, 11) is 1.82. The fourth-order valence-corrected chi connectivity index (χ4v) is 1.73. The first-order valence-corrected chi connectivity index (χ1v) is 5.41. The topological polar surface area (TPSA) is 37.8 Å². The van der Waals surface area contributed by atoms with E-state index in [-0.39, 0.29) is 11.9 Å². The normalized spacial score (nSPS) is 12.4. The highest BCUT2D eigenvalue weighted by Crippen LogP contribution is 2.21. The van der Waals surface area contributed by atoms with Crippen LogP contribution in [-0.4, -0.2) is 17.0 Å². The molecule has 3 nitrogen and oxygen atoms in total. The molecule has 2 rings (SSSR count). The van der Waals surface area contributed by atoms with Crippen LogP contribution >= 0.6 is 0 Å². The van der Waals surface area contributed by atoms with E-state index in [4.69, 9.17) is 0 Å².